The van der Waals surface area contributed by atoms with E-state index in [2.05, 4.69) is 22.6 Å². The molecule has 0 aliphatic carbocycles. The van der Waals surface area contributed by atoms with Crippen LogP contribution >= 0.6 is 22.6 Å². The Morgan fingerprint density at radius 1 is 1.21 bits per heavy atom. The Labute approximate surface area is 125 Å². The highest BCUT2D eigenvalue weighted by molar-refractivity contribution is 14.1. The Hall–Kier alpha value is -1.14. The summed E-state index contributed by atoms with van der Waals surface area (Å²) in [7, 11) is 0. The van der Waals surface area contributed by atoms with Gasteiger partial charge < -0.3 is 9.84 Å². The molecule has 0 aliphatic heterocycles. The fourth-order valence-electron chi connectivity index (χ4n) is 1.72. The van der Waals surface area contributed by atoms with E-state index in [-0.39, 0.29) is 5.82 Å². The Bertz CT molecular complexity index is 553. The predicted octanol–water partition coefficient (Wildman–Crippen LogP) is 4.06. The van der Waals surface area contributed by atoms with Crippen LogP contribution < -0.4 is 4.74 Å². The van der Waals surface area contributed by atoms with E-state index in [4.69, 9.17) is 4.74 Å². The van der Waals surface area contributed by atoms with Crippen LogP contribution in [0.1, 0.15) is 24.2 Å². The van der Waals surface area contributed by atoms with Crippen molar-refractivity contribution in [1.29, 1.82) is 0 Å². The zero-order chi connectivity index (χ0) is 13.8. The van der Waals surface area contributed by atoms with Gasteiger partial charge in [-0.1, -0.05) is 12.1 Å². The molecule has 1 N–H and O–H groups in total. The van der Waals surface area contributed by atoms with Crippen LogP contribution in [0.25, 0.3) is 0 Å². The maximum atomic E-state index is 13.2. The number of halogens is 2. The van der Waals surface area contributed by atoms with E-state index >= 15 is 0 Å². The fraction of sp³-hybridized carbons (Fsp3) is 0.200. The van der Waals surface area contributed by atoms with Gasteiger partial charge in [-0.3, -0.25) is 0 Å². The van der Waals surface area contributed by atoms with Crippen LogP contribution in [0, 0.1) is 9.39 Å². The number of aliphatic hydroxyl groups excluding tert-OH is 1. The van der Waals surface area contributed by atoms with E-state index in [0.717, 1.165) is 9.13 Å². The highest BCUT2D eigenvalue weighted by Gasteiger charge is 2.10. The highest BCUT2D eigenvalue weighted by Crippen LogP contribution is 2.26. The number of aliphatic hydroxyl groups is 1. The van der Waals surface area contributed by atoms with Crippen LogP contribution in [0.5, 0.6) is 5.75 Å². The molecule has 100 valence electrons. The molecular weight excluding hydrogens is 358 g/mol. The highest BCUT2D eigenvalue weighted by atomic mass is 127. The average Bonchev–Trinajstić information content (AvgIpc) is 2.38. The molecule has 0 radical (unpaired) electrons. The molecule has 2 nitrogen and oxygen atoms in total. The number of ether oxygens (including phenoxy) is 1. The summed E-state index contributed by atoms with van der Waals surface area (Å²) in [5.74, 6) is 0.00978. The molecule has 19 heavy (non-hydrogen) atoms. The van der Waals surface area contributed by atoms with E-state index in [9.17, 15) is 9.50 Å². The fourth-order valence-corrected chi connectivity index (χ4v) is 2.08. The van der Waals surface area contributed by atoms with Crippen molar-refractivity contribution in [3.63, 3.8) is 0 Å². The van der Waals surface area contributed by atoms with E-state index < -0.39 is 6.10 Å². The molecule has 0 bridgehead atoms. The predicted molar refractivity (Wildman–Crippen MR) is 80.5 cm³/mol. The van der Waals surface area contributed by atoms with Crippen LogP contribution in [0.15, 0.2) is 42.5 Å². The van der Waals surface area contributed by atoms with Gasteiger partial charge in [0.05, 0.1) is 6.10 Å². The lowest BCUT2D eigenvalue weighted by molar-refractivity contribution is 0.190. The summed E-state index contributed by atoms with van der Waals surface area (Å²) in [6, 6.07) is 12.1. The third kappa shape index (κ3) is 3.91. The summed E-state index contributed by atoms with van der Waals surface area (Å²) in [4.78, 5) is 0. The second kappa shape index (κ2) is 6.34. The number of hydrogen-bond acceptors (Lipinski definition) is 2. The quantitative estimate of drug-likeness (QED) is 0.821. The standard InChI is InChI=1S/C15H14FIO2/c1-10(18)14-7-4-12(16)8-15(14)19-9-11-2-5-13(17)6-3-11/h2-8,10,18H,9H2,1H3/t10-/m1/s1. The topological polar surface area (TPSA) is 29.5 Å². The SMILES string of the molecule is C[C@@H](O)c1ccc(F)cc1OCc1ccc(I)cc1. The summed E-state index contributed by atoms with van der Waals surface area (Å²) in [6.07, 6.45) is -0.688. The van der Waals surface area contributed by atoms with Crippen LogP contribution in [-0.2, 0) is 6.61 Å². The van der Waals surface area contributed by atoms with Crippen molar-refractivity contribution in [2.45, 2.75) is 19.6 Å². The molecular formula is C15H14FIO2. The zero-order valence-electron chi connectivity index (χ0n) is 10.4. The third-order valence-electron chi connectivity index (χ3n) is 2.73. The molecule has 1 atom stereocenters. The van der Waals surface area contributed by atoms with Crippen LogP contribution in [-0.4, -0.2) is 5.11 Å². The smallest absolute Gasteiger partial charge is 0.128 e. The van der Waals surface area contributed by atoms with Gasteiger partial charge in [0.25, 0.3) is 0 Å². The number of hydrogen-bond donors (Lipinski definition) is 1. The molecule has 0 heterocycles. The molecule has 2 aromatic carbocycles. The van der Waals surface area contributed by atoms with Gasteiger partial charge in [0.2, 0.25) is 0 Å². The van der Waals surface area contributed by atoms with Crippen molar-refractivity contribution < 1.29 is 14.2 Å². The van der Waals surface area contributed by atoms with Gasteiger partial charge in [-0.15, -0.1) is 0 Å². The van der Waals surface area contributed by atoms with Crippen molar-refractivity contribution in [2.24, 2.45) is 0 Å². The summed E-state index contributed by atoms with van der Waals surface area (Å²) < 4.78 is 20.0. The van der Waals surface area contributed by atoms with Gasteiger partial charge in [-0.2, -0.15) is 0 Å². The van der Waals surface area contributed by atoms with Crippen molar-refractivity contribution in [2.75, 3.05) is 0 Å². The Morgan fingerprint density at radius 2 is 1.89 bits per heavy atom. The lowest BCUT2D eigenvalue weighted by Gasteiger charge is -2.13. The van der Waals surface area contributed by atoms with Gasteiger partial charge in [0.1, 0.15) is 18.2 Å². The van der Waals surface area contributed by atoms with Crippen molar-refractivity contribution in [3.05, 3.63) is 63.0 Å². The molecule has 0 spiro atoms. The monoisotopic (exact) mass is 372 g/mol. The average molecular weight is 372 g/mol. The molecule has 0 aromatic heterocycles. The summed E-state index contributed by atoms with van der Waals surface area (Å²) in [5, 5.41) is 9.63. The Kier molecular flexibility index (Phi) is 4.76. The van der Waals surface area contributed by atoms with Crippen molar-refractivity contribution in [3.8, 4) is 5.75 Å². The van der Waals surface area contributed by atoms with Gasteiger partial charge in [-0.25, -0.2) is 4.39 Å². The molecule has 0 amide bonds. The van der Waals surface area contributed by atoms with Gasteiger partial charge in [-0.05, 0) is 59.3 Å². The zero-order valence-corrected chi connectivity index (χ0v) is 12.6. The number of rotatable bonds is 4. The van der Waals surface area contributed by atoms with E-state index in [0.29, 0.717) is 17.9 Å². The van der Waals surface area contributed by atoms with Crippen LogP contribution in [0.3, 0.4) is 0 Å². The Morgan fingerprint density at radius 3 is 2.53 bits per heavy atom. The van der Waals surface area contributed by atoms with Crippen molar-refractivity contribution >= 4 is 22.6 Å². The lowest BCUT2D eigenvalue weighted by atomic mass is 10.1. The third-order valence-corrected chi connectivity index (χ3v) is 3.45. The summed E-state index contributed by atoms with van der Waals surface area (Å²) in [6.45, 7) is 1.98. The molecule has 2 aromatic rings. The lowest BCUT2D eigenvalue weighted by Crippen LogP contribution is -2.01. The molecule has 2 rings (SSSR count). The van der Waals surface area contributed by atoms with Crippen molar-refractivity contribution in [1.82, 2.24) is 0 Å². The summed E-state index contributed by atoms with van der Waals surface area (Å²) >= 11 is 2.23. The normalized spacial score (nSPS) is 12.2. The molecule has 0 aliphatic rings. The maximum Gasteiger partial charge on any atom is 0.128 e. The first-order valence-electron chi connectivity index (χ1n) is 5.91. The molecule has 0 saturated heterocycles. The minimum Gasteiger partial charge on any atom is -0.488 e. The largest absolute Gasteiger partial charge is 0.488 e. The first-order chi connectivity index (χ1) is 9.06. The van der Waals surface area contributed by atoms with Crippen LogP contribution in [0.2, 0.25) is 0 Å². The minimum atomic E-state index is -0.688. The molecule has 0 fully saturated rings. The molecule has 0 saturated carbocycles. The second-order valence-corrected chi connectivity index (χ2v) is 5.52. The van der Waals surface area contributed by atoms with Gasteiger partial charge in [0.15, 0.2) is 0 Å². The van der Waals surface area contributed by atoms with E-state index in [1.807, 2.05) is 24.3 Å². The first-order valence-corrected chi connectivity index (χ1v) is 6.99. The molecule has 0 unspecified atom stereocenters. The maximum absolute atomic E-state index is 13.2. The van der Waals surface area contributed by atoms with Gasteiger partial charge in [0, 0.05) is 15.2 Å². The Balaban J connectivity index is 2.14. The number of benzene rings is 2. The van der Waals surface area contributed by atoms with Gasteiger partial charge >= 0.3 is 0 Å². The van der Waals surface area contributed by atoms with Crippen LogP contribution in [0.4, 0.5) is 4.39 Å². The van der Waals surface area contributed by atoms with E-state index in [1.165, 1.54) is 12.1 Å². The van der Waals surface area contributed by atoms with E-state index in [1.54, 1.807) is 13.0 Å². The first kappa shape index (κ1) is 14.3. The molecule has 4 heteroatoms. The summed E-state index contributed by atoms with van der Waals surface area (Å²) in [5.41, 5.74) is 1.59. The second-order valence-electron chi connectivity index (χ2n) is 4.27. The minimum absolute atomic E-state index is 0.347.